The number of methoxy groups -OCH3 is 1. The van der Waals surface area contributed by atoms with Gasteiger partial charge in [-0.25, -0.2) is 4.79 Å². The van der Waals surface area contributed by atoms with Crippen molar-refractivity contribution < 1.29 is 29.0 Å². The fourth-order valence-electron chi connectivity index (χ4n) is 3.17. The number of nitrogens with one attached hydrogen (secondary N) is 3. The third-order valence-corrected chi connectivity index (χ3v) is 4.94. The molecule has 9 heteroatoms. The molecular formula is C24H39N3O6. The Morgan fingerprint density at radius 2 is 1.73 bits per heavy atom. The molecule has 0 heterocycles. The first kappa shape index (κ1) is 28.4. The zero-order valence-corrected chi connectivity index (χ0v) is 20.1. The lowest BCUT2D eigenvalue weighted by molar-refractivity contribution is -0.132. The lowest BCUT2D eigenvalue weighted by atomic mass is 9.98. The number of hydrogen-bond acceptors (Lipinski definition) is 6. The maximum absolute atomic E-state index is 13.1. The Bertz CT molecular complexity index is 713. The van der Waals surface area contributed by atoms with Gasteiger partial charge in [-0.05, 0) is 30.7 Å². The van der Waals surface area contributed by atoms with Crippen LogP contribution in [-0.4, -0.2) is 68.1 Å². The first-order chi connectivity index (χ1) is 15.8. The van der Waals surface area contributed by atoms with Gasteiger partial charge in [0.25, 0.3) is 5.91 Å². The maximum Gasteiger partial charge on any atom is 0.407 e. The number of carbonyl (C=O) groups is 3. The quantitative estimate of drug-likeness (QED) is 0.293. The normalized spacial score (nSPS) is 13.6. The predicted octanol–water partition coefficient (Wildman–Crippen LogP) is 1.78. The highest BCUT2D eigenvalue weighted by atomic mass is 16.6. The van der Waals surface area contributed by atoms with Crippen molar-refractivity contribution in [3.05, 3.63) is 35.9 Å². The fourth-order valence-corrected chi connectivity index (χ4v) is 3.17. The number of alkyl carbamates (subject to hydrolysis) is 1. The highest BCUT2D eigenvalue weighted by Crippen LogP contribution is 2.10. The summed E-state index contributed by atoms with van der Waals surface area (Å²) < 4.78 is 9.87. The molecule has 1 aromatic carbocycles. The minimum atomic E-state index is -1.45. The number of aliphatic hydroxyl groups is 1. The molecule has 0 bridgehead atoms. The molecule has 0 spiro atoms. The van der Waals surface area contributed by atoms with E-state index in [1.807, 2.05) is 51.1 Å². The van der Waals surface area contributed by atoms with Crippen molar-refractivity contribution in [2.24, 2.45) is 5.92 Å². The van der Waals surface area contributed by atoms with Gasteiger partial charge in [-0.1, -0.05) is 57.5 Å². The maximum atomic E-state index is 13.1. The average Bonchev–Trinajstić information content (AvgIpc) is 2.78. The Labute approximate surface area is 196 Å². The second-order valence-corrected chi connectivity index (χ2v) is 8.35. The van der Waals surface area contributed by atoms with Crippen LogP contribution in [0.3, 0.4) is 0 Å². The topological polar surface area (TPSA) is 126 Å². The molecule has 4 N–H and O–H groups in total. The van der Waals surface area contributed by atoms with Gasteiger partial charge in [-0.3, -0.25) is 9.59 Å². The zero-order chi connectivity index (χ0) is 24.6. The molecule has 0 aliphatic rings. The number of ether oxygens (including phenoxy) is 2. The number of amides is 3. The first-order valence-corrected chi connectivity index (χ1v) is 11.5. The Balaban J connectivity index is 2.93. The summed E-state index contributed by atoms with van der Waals surface area (Å²) in [7, 11) is 1.49. The lowest BCUT2D eigenvalue weighted by Crippen LogP contribution is -2.56. The second kappa shape index (κ2) is 16.0. The van der Waals surface area contributed by atoms with E-state index in [0.29, 0.717) is 13.0 Å². The summed E-state index contributed by atoms with van der Waals surface area (Å²) in [5.74, 6) is -0.930. The third-order valence-electron chi connectivity index (χ3n) is 4.94. The van der Waals surface area contributed by atoms with E-state index in [1.54, 1.807) is 0 Å². The largest absolute Gasteiger partial charge is 0.447 e. The van der Waals surface area contributed by atoms with E-state index in [0.717, 1.165) is 18.4 Å². The number of carbonyl (C=O) groups excluding carboxylic acids is 3. The van der Waals surface area contributed by atoms with Gasteiger partial charge in [0.15, 0.2) is 6.10 Å². The first-order valence-electron chi connectivity index (χ1n) is 11.5. The SMILES string of the molecule is CCCCNC(=O)C(O)[C@H](Cc1ccccc1)NC(=O)[C@H](CC(C)C)NC(=O)OCCOC. The molecule has 0 radical (unpaired) electrons. The minimum absolute atomic E-state index is 0.0611. The van der Waals surface area contributed by atoms with E-state index in [2.05, 4.69) is 16.0 Å². The number of rotatable bonds is 15. The number of benzene rings is 1. The molecule has 33 heavy (non-hydrogen) atoms. The molecule has 0 aliphatic heterocycles. The standard InChI is InChI=1S/C24H39N3O6/c1-5-6-12-25-23(30)21(28)19(16-18-10-8-7-9-11-18)26-22(29)20(15-17(2)3)27-24(31)33-14-13-32-4/h7-11,17,19-21,28H,5-6,12-16H2,1-4H3,(H,25,30)(H,26,29)(H,27,31)/t19-,20-,21?/m0/s1. The molecule has 1 aromatic rings. The van der Waals surface area contributed by atoms with Gasteiger partial charge < -0.3 is 30.5 Å². The molecule has 0 saturated carbocycles. The van der Waals surface area contributed by atoms with E-state index in [-0.39, 0.29) is 25.6 Å². The summed E-state index contributed by atoms with van der Waals surface area (Å²) in [6.45, 7) is 6.61. The highest BCUT2D eigenvalue weighted by molar-refractivity contribution is 5.87. The van der Waals surface area contributed by atoms with Crippen LogP contribution in [0.5, 0.6) is 0 Å². The van der Waals surface area contributed by atoms with Gasteiger partial charge in [0.2, 0.25) is 5.91 Å². The summed E-state index contributed by atoms with van der Waals surface area (Å²) in [5.41, 5.74) is 0.857. The van der Waals surface area contributed by atoms with Crippen molar-refractivity contribution in [3.8, 4) is 0 Å². The minimum Gasteiger partial charge on any atom is -0.447 e. The van der Waals surface area contributed by atoms with Crippen LogP contribution in [0.2, 0.25) is 0 Å². The number of unbranched alkanes of at least 4 members (excludes halogenated alkanes) is 1. The van der Waals surface area contributed by atoms with Crippen LogP contribution in [0.25, 0.3) is 0 Å². The molecule has 3 amide bonds. The second-order valence-electron chi connectivity index (χ2n) is 8.35. The van der Waals surface area contributed by atoms with Crippen molar-refractivity contribution in [2.45, 2.75) is 64.6 Å². The van der Waals surface area contributed by atoms with Crippen molar-refractivity contribution in [1.29, 1.82) is 0 Å². The van der Waals surface area contributed by atoms with Crippen LogP contribution in [0, 0.1) is 5.92 Å². The van der Waals surface area contributed by atoms with Crippen molar-refractivity contribution >= 4 is 17.9 Å². The number of hydrogen-bond donors (Lipinski definition) is 4. The highest BCUT2D eigenvalue weighted by Gasteiger charge is 2.31. The monoisotopic (exact) mass is 465 g/mol. The Kier molecular flexibility index (Phi) is 13.8. The molecule has 0 aliphatic carbocycles. The van der Waals surface area contributed by atoms with E-state index in [1.165, 1.54) is 7.11 Å². The zero-order valence-electron chi connectivity index (χ0n) is 20.1. The lowest BCUT2D eigenvalue weighted by Gasteiger charge is -2.27. The van der Waals surface area contributed by atoms with Crippen LogP contribution in [-0.2, 0) is 25.5 Å². The van der Waals surface area contributed by atoms with Crippen molar-refractivity contribution in [2.75, 3.05) is 26.9 Å². The van der Waals surface area contributed by atoms with Gasteiger partial charge in [-0.15, -0.1) is 0 Å². The summed E-state index contributed by atoms with van der Waals surface area (Å²) in [5, 5.41) is 18.8. The number of aliphatic hydroxyl groups excluding tert-OH is 1. The summed E-state index contributed by atoms with van der Waals surface area (Å²) in [6.07, 6.45) is 0.136. The average molecular weight is 466 g/mol. The third kappa shape index (κ3) is 11.7. The van der Waals surface area contributed by atoms with Crippen LogP contribution < -0.4 is 16.0 Å². The molecule has 0 saturated heterocycles. The summed E-state index contributed by atoms with van der Waals surface area (Å²) >= 11 is 0. The molecule has 0 aromatic heterocycles. The van der Waals surface area contributed by atoms with Gasteiger partial charge >= 0.3 is 6.09 Å². The molecule has 1 unspecified atom stereocenters. The predicted molar refractivity (Wildman–Crippen MR) is 126 cm³/mol. The van der Waals surface area contributed by atoms with E-state index >= 15 is 0 Å². The van der Waals surface area contributed by atoms with E-state index in [4.69, 9.17) is 9.47 Å². The van der Waals surface area contributed by atoms with E-state index < -0.39 is 36.1 Å². The van der Waals surface area contributed by atoms with Gasteiger partial charge in [0.05, 0.1) is 12.6 Å². The van der Waals surface area contributed by atoms with Crippen LogP contribution in [0.1, 0.15) is 45.6 Å². The van der Waals surface area contributed by atoms with Crippen molar-refractivity contribution in [3.63, 3.8) is 0 Å². The van der Waals surface area contributed by atoms with Crippen molar-refractivity contribution in [1.82, 2.24) is 16.0 Å². The van der Waals surface area contributed by atoms with E-state index in [9.17, 15) is 19.5 Å². The molecule has 3 atom stereocenters. The van der Waals surface area contributed by atoms with Gasteiger partial charge in [-0.2, -0.15) is 0 Å². The Morgan fingerprint density at radius 1 is 1.03 bits per heavy atom. The smallest absolute Gasteiger partial charge is 0.407 e. The Morgan fingerprint density at radius 3 is 2.33 bits per heavy atom. The van der Waals surface area contributed by atoms with Gasteiger partial charge in [0, 0.05) is 13.7 Å². The van der Waals surface area contributed by atoms with Crippen LogP contribution in [0.4, 0.5) is 4.79 Å². The van der Waals surface area contributed by atoms with Crippen LogP contribution >= 0.6 is 0 Å². The molecule has 186 valence electrons. The molecule has 9 nitrogen and oxygen atoms in total. The molecule has 0 fully saturated rings. The summed E-state index contributed by atoms with van der Waals surface area (Å²) in [6, 6.07) is 7.52. The molecular weight excluding hydrogens is 426 g/mol. The summed E-state index contributed by atoms with van der Waals surface area (Å²) in [4.78, 5) is 37.7. The Hall–Kier alpha value is -2.65. The van der Waals surface area contributed by atoms with Crippen LogP contribution in [0.15, 0.2) is 30.3 Å². The fraction of sp³-hybridized carbons (Fsp3) is 0.625. The molecule has 1 rings (SSSR count). The van der Waals surface area contributed by atoms with Gasteiger partial charge in [0.1, 0.15) is 12.6 Å².